The van der Waals surface area contributed by atoms with Crippen molar-refractivity contribution >= 4 is 10.9 Å². The molecule has 3 aromatic rings. The molecule has 1 aromatic carbocycles. The minimum atomic E-state index is -0.821. The van der Waals surface area contributed by atoms with E-state index in [0.717, 1.165) is 29.8 Å². The van der Waals surface area contributed by atoms with Crippen LogP contribution in [0.4, 0.5) is 8.78 Å². The SMILES string of the molecule is CCn1c(-c2cnnc(C3CC3)c2)cc2cc(F)c(F)cc21. The third-order valence-electron chi connectivity index (χ3n) is 4.22. The molecule has 0 aliphatic heterocycles. The highest BCUT2D eigenvalue weighted by atomic mass is 19.2. The highest BCUT2D eigenvalue weighted by molar-refractivity contribution is 5.87. The number of aromatic nitrogens is 3. The van der Waals surface area contributed by atoms with E-state index in [4.69, 9.17) is 0 Å². The van der Waals surface area contributed by atoms with Gasteiger partial charge >= 0.3 is 0 Å². The van der Waals surface area contributed by atoms with Gasteiger partial charge in [-0.2, -0.15) is 10.2 Å². The monoisotopic (exact) mass is 299 g/mol. The van der Waals surface area contributed by atoms with Crippen molar-refractivity contribution in [2.45, 2.75) is 32.2 Å². The van der Waals surface area contributed by atoms with Crippen LogP contribution in [0.15, 0.2) is 30.5 Å². The van der Waals surface area contributed by atoms with E-state index in [1.165, 1.54) is 12.1 Å². The Kier molecular flexibility index (Phi) is 2.96. The first kappa shape index (κ1) is 13.4. The van der Waals surface area contributed by atoms with Crippen LogP contribution < -0.4 is 0 Å². The number of nitrogens with zero attached hydrogens (tertiary/aromatic N) is 3. The topological polar surface area (TPSA) is 30.7 Å². The van der Waals surface area contributed by atoms with Crippen LogP contribution in [0.1, 0.15) is 31.4 Å². The predicted octanol–water partition coefficient (Wildman–Crippen LogP) is 4.27. The molecule has 0 N–H and O–H groups in total. The third-order valence-corrected chi connectivity index (χ3v) is 4.22. The van der Waals surface area contributed by atoms with Crippen molar-refractivity contribution in [1.29, 1.82) is 0 Å². The highest BCUT2D eigenvalue weighted by Crippen LogP contribution is 2.40. The lowest BCUT2D eigenvalue weighted by atomic mass is 10.1. The number of hydrogen-bond acceptors (Lipinski definition) is 2. The summed E-state index contributed by atoms with van der Waals surface area (Å²) in [5.41, 5.74) is 3.55. The Hall–Kier alpha value is -2.30. The van der Waals surface area contributed by atoms with E-state index < -0.39 is 11.6 Å². The summed E-state index contributed by atoms with van der Waals surface area (Å²) in [7, 11) is 0. The number of rotatable bonds is 3. The minimum absolute atomic E-state index is 0.516. The van der Waals surface area contributed by atoms with Gasteiger partial charge < -0.3 is 4.57 Å². The second-order valence-corrected chi connectivity index (χ2v) is 5.74. The Labute approximate surface area is 126 Å². The van der Waals surface area contributed by atoms with Crippen LogP contribution in [-0.2, 0) is 6.54 Å². The second-order valence-electron chi connectivity index (χ2n) is 5.74. The Morgan fingerprint density at radius 3 is 2.64 bits per heavy atom. The average molecular weight is 299 g/mol. The molecule has 4 rings (SSSR count). The van der Waals surface area contributed by atoms with Crippen molar-refractivity contribution in [1.82, 2.24) is 14.8 Å². The molecule has 0 unspecified atom stereocenters. The Bertz CT molecular complexity index is 866. The van der Waals surface area contributed by atoms with Crippen LogP contribution in [-0.4, -0.2) is 14.8 Å². The molecule has 0 radical (unpaired) electrons. The molecule has 0 bridgehead atoms. The molecule has 0 amide bonds. The van der Waals surface area contributed by atoms with E-state index in [1.807, 2.05) is 23.6 Å². The quantitative estimate of drug-likeness (QED) is 0.723. The van der Waals surface area contributed by atoms with Gasteiger partial charge in [0.05, 0.1) is 23.1 Å². The molecular formula is C17H15F2N3. The summed E-state index contributed by atoms with van der Waals surface area (Å²) in [6.07, 6.45) is 4.02. The van der Waals surface area contributed by atoms with Crippen molar-refractivity contribution < 1.29 is 8.78 Å². The number of fused-ring (bicyclic) bond motifs is 1. The molecule has 3 nitrogen and oxygen atoms in total. The molecular weight excluding hydrogens is 284 g/mol. The first-order chi connectivity index (χ1) is 10.7. The zero-order valence-electron chi connectivity index (χ0n) is 12.2. The van der Waals surface area contributed by atoms with E-state index in [9.17, 15) is 8.78 Å². The van der Waals surface area contributed by atoms with Gasteiger partial charge in [0.25, 0.3) is 0 Å². The van der Waals surface area contributed by atoms with Crippen LogP contribution in [0.25, 0.3) is 22.2 Å². The van der Waals surface area contributed by atoms with Gasteiger partial charge in [-0.3, -0.25) is 0 Å². The molecule has 2 aromatic heterocycles. The standard InChI is InChI=1S/C17H15F2N3/c1-2-22-16(7-11-5-13(18)14(19)8-17(11)22)12-6-15(10-3-4-10)21-20-9-12/h5-10H,2-4H2,1H3. The first-order valence-electron chi connectivity index (χ1n) is 7.48. The lowest BCUT2D eigenvalue weighted by Crippen LogP contribution is -1.99. The summed E-state index contributed by atoms with van der Waals surface area (Å²) in [5.74, 6) is -1.13. The average Bonchev–Trinajstić information content (AvgIpc) is 3.31. The van der Waals surface area contributed by atoms with Gasteiger partial charge in [-0.25, -0.2) is 8.78 Å². The van der Waals surface area contributed by atoms with Crippen molar-refractivity contribution in [2.75, 3.05) is 0 Å². The van der Waals surface area contributed by atoms with Crippen LogP contribution >= 0.6 is 0 Å². The van der Waals surface area contributed by atoms with Gasteiger partial charge in [0.15, 0.2) is 11.6 Å². The van der Waals surface area contributed by atoms with E-state index in [0.29, 0.717) is 23.4 Å². The van der Waals surface area contributed by atoms with Crippen LogP contribution in [0.3, 0.4) is 0 Å². The fourth-order valence-corrected chi connectivity index (χ4v) is 2.94. The zero-order chi connectivity index (χ0) is 15.3. The maximum atomic E-state index is 13.5. The van der Waals surface area contributed by atoms with Crippen molar-refractivity contribution in [3.63, 3.8) is 0 Å². The molecule has 1 fully saturated rings. The van der Waals surface area contributed by atoms with Gasteiger partial charge in [0.2, 0.25) is 0 Å². The third kappa shape index (κ3) is 2.08. The second kappa shape index (κ2) is 4.87. The van der Waals surface area contributed by atoms with Crippen molar-refractivity contribution in [3.05, 3.63) is 47.8 Å². The molecule has 5 heteroatoms. The largest absolute Gasteiger partial charge is 0.341 e. The molecule has 112 valence electrons. The summed E-state index contributed by atoms with van der Waals surface area (Å²) in [4.78, 5) is 0. The fourth-order valence-electron chi connectivity index (χ4n) is 2.94. The molecule has 0 spiro atoms. The van der Waals surface area contributed by atoms with Gasteiger partial charge in [0.1, 0.15) is 0 Å². The maximum absolute atomic E-state index is 13.5. The van der Waals surface area contributed by atoms with Crippen LogP contribution in [0.2, 0.25) is 0 Å². The van der Waals surface area contributed by atoms with E-state index in [2.05, 4.69) is 10.2 Å². The molecule has 0 saturated heterocycles. The molecule has 1 saturated carbocycles. The summed E-state index contributed by atoms with van der Waals surface area (Å²) in [6.45, 7) is 2.66. The van der Waals surface area contributed by atoms with Gasteiger partial charge in [-0.1, -0.05) is 0 Å². The van der Waals surface area contributed by atoms with Crippen LogP contribution in [0.5, 0.6) is 0 Å². The first-order valence-corrected chi connectivity index (χ1v) is 7.48. The highest BCUT2D eigenvalue weighted by Gasteiger charge is 2.26. The van der Waals surface area contributed by atoms with E-state index in [-0.39, 0.29) is 0 Å². The summed E-state index contributed by atoms with van der Waals surface area (Å²) < 4.78 is 29.0. The number of halogens is 2. The van der Waals surface area contributed by atoms with Gasteiger partial charge in [-0.15, -0.1) is 0 Å². The minimum Gasteiger partial charge on any atom is -0.341 e. The van der Waals surface area contributed by atoms with Gasteiger partial charge in [-0.05, 0) is 38.0 Å². The van der Waals surface area contributed by atoms with E-state index in [1.54, 1.807) is 6.20 Å². The molecule has 2 heterocycles. The Morgan fingerprint density at radius 1 is 1.14 bits per heavy atom. The number of hydrogen-bond donors (Lipinski definition) is 0. The molecule has 0 atom stereocenters. The predicted molar refractivity (Wildman–Crippen MR) is 80.5 cm³/mol. The normalized spacial score (nSPS) is 14.7. The summed E-state index contributed by atoms with van der Waals surface area (Å²) >= 11 is 0. The molecule has 1 aliphatic rings. The molecule has 22 heavy (non-hydrogen) atoms. The lowest BCUT2D eigenvalue weighted by Gasteiger charge is -2.08. The number of benzene rings is 1. The summed E-state index contributed by atoms with van der Waals surface area (Å²) in [6, 6.07) is 6.43. The Balaban J connectivity index is 1.92. The van der Waals surface area contributed by atoms with Crippen LogP contribution in [0, 0.1) is 11.6 Å². The zero-order valence-corrected chi connectivity index (χ0v) is 12.2. The van der Waals surface area contributed by atoms with Gasteiger partial charge in [0, 0.05) is 29.5 Å². The van der Waals surface area contributed by atoms with E-state index >= 15 is 0 Å². The number of aryl methyl sites for hydroxylation is 1. The maximum Gasteiger partial charge on any atom is 0.160 e. The Morgan fingerprint density at radius 2 is 1.91 bits per heavy atom. The molecule has 1 aliphatic carbocycles. The van der Waals surface area contributed by atoms with Crippen molar-refractivity contribution in [2.24, 2.45) is 0 Å². The summed E-state index contributed by atoms with van der Waals surface area (Å²) in [5, 5.41) is 8.97. The fraction of sp³-hybridized carbons (Fsp3) is 0.294. The smallest absolute Gasteiger partial charge is 0.160 e. The van der Waals surface area contributed by atoms with Crippen molar-refractivity contribution in [3.8, 4) is 11.3 Å². The lowest BCUT2D eigenvalue weighted by molar-refractivity contribution is 0.510.